The Morgan fingerprint density at radius 1 is 0.865 bits per heavy atom. The minimum Gasteiger partial charge on any atom is -0.353 e. The molecule has 37 heavy (non-hydrogen) atoms. The molecule has 7 heteroatoms. The lowest BCUT2D eigenvalue weighted by molar-refractivity contribution is 0.160. The van der Waals surface area contributed by atoms with Crippen molar-refractivity contribution in [1.29, 1.82) is 0 Å². The number of fused-ring (bicyclic) bond motifs is 3. The number of aromatic nitrogens is 5. The lowest BCUT2D eigenvalue weighted by atomic mass is 10.1. The number of hydrogen-bond acceptors (Lipinski definition) is 6. The van der Waals surface area contributed by atoms with Crippen molar-refractivity contribution >= 4 is 16.7 Å². The normalized spacial score (nSPS) is 19.5. The highest BCUT2D eigenvalue weighted by Crippen LogP contribution is 2.35. The number of rotatable bonds is 5. The Hall–Kier alpha value is -4.10. The van der Waals surface area contributed by atoms with Crippen molar-refractivity contribution in [3.63, 3.8) is 0 Å². The minimum atomic E-state index is 0.577. The molecule has 0 radical (unpaired) electrons. The number of pyridine rings is 3. The standard InChI is InChI=1S/C30H29N7/c1-35-18-23(16-33-35)27-14-28-26(8-5-13-31-28)30(34-27)22-9-12-29(32-15-22)36-19-24-10-11-25(20-36)37(24)17-21-6-3-2-4-7-21/h2-9,12-16,18,24-25H,10-11,17,19-20H2,1H3. The maximum Gasteiger partial charge on any atom is 0.128 e. The van der Waals surface area contributed by atoms with Crippen molar-refractivity contribution in [1.82, 2.24) is 29.6 Å². The summed E-state index contributed by atoms with van der Waals surface area (Å²) in [6.07, 6.45) is 10.1. The Balaban J connectivity index is 1.15. The molecular formula is C30H29N7. The maximum absolute atomic E-state index is 5.03. The predicted octanol–water partition coefficient (Wildman–Crippen LogP) is 4.95. The van der Waals surface area contributed by atoms with Crippen molar-refractivity contribution in [3.8, 4) is 22.5 Å². The van der Waals surface area contributed by atoms with Gasteiger partial charge in [-0.25, -0.2) is 9.97 Å². The van der Waals surface area contributed by atoms with Crippen LogP contribution in [0.2, 0.25) is 0 Å². The van der Waals surface area contributed by atoms with E-state index in [-0.39, 0.29) is 0 Å². The smallest absolute Gasteiger partial charge is 0.128 e. The molecule has 2 unspecified atom stereocenters. The first kappa shape index (κ1) is 22.1. The van der Waals surface area contributed by atoms with Crippen LogP contribution >= 0.6 is 0 Å². The summed E-state index contributed by atoms with van der Waals surface area (Å²) in [5.41, 5.74) is 6.06. The molecule has 0 N–H and O–H groups in total. The Morgan fingerprint density at radius 3 is 2.43 bits per heavy atom. The molecule has 6 heterocycles. The van der Waals surface area contributed by atoms with E-state index >= 15 is 0 Å². The van der Waals surface area contributed by atoms with E-state index in [0.29, 0.717) is 12.1 Å². The Morgan fingerprint density at radius 2 is 1.70 bits per heavy atom. The van der Waals surface area contributed by atoms with Crippen molar-refractivity contribution < 1.29 is 0 Å². The van der Waals surface area contributed by atoms with Gasteiger partial charge in [0, 0.05) is 73.9 Å². The Kier molecular flexibility index (Phi) is 5.43. The molecule has 2 aliphatic rings. The fourth-order valence-electron chi connectivity index (χ4n) is 5.94. The second kappa shape index (κ2) is 9.09. The van der Waals surface area contributed by atoms with Crippen molar-refractivity contribution in [3.05, 3.63) is 91.0 Å². The minimum absolute atomic E-state index is 0.577. The monoisotopic (exact) mass is 487 g/mol. The van der Waals surface area contributed by atoms with E-state index in [2.05, 4.69) is 68.4 Å². The van der Waals surface area contributed by atoms with Gasteiger partial charge in [0.15, 0.2) is 0 Å². The maximum atomic E-state index is 5.03. The van der Waals surface area contributed by atoms with Gasteiger partial charge in [0.05, 0.1) is 23.1 Å². The van der Waals surface area contributed by atoms with Crippen LogP contribution in [0, 0.1) is 0 Å². The molecule has 5 aromatic rings. The number of piperazine rings is 1. The average Bonchev–Trinajstić information content (AvgIpc) is 3.47. The summed E-state index contributed by atoms with van der Waals surface area (Å²) >= 11 is 0. The number of anilines is 1. The van der Waals surface area contributed by atoms with Gasteiger partial charge in [0.1, 0.15) is 5.82 Å². The van der Waals surface area contributed by atoms with Crippen LogP contribution in [-0.4, -0.2) is 54.8 Å². The number of aryl methyl sites for hydroxylation is 1. The van der Waals surface area contributed by atoms with E-state index in [0.717, 1.165) is 58.9 Å². The number of nitrogens with zero attached hydrogens (tertiary/aromatic N) is 7. The van der Waals surface area contributed by atoms with E-state index in [4.69, 9.17) is 9.97 Å². The van der Waals surface area contributed by atoms with Crippen LogP contribution in [0.4, 0.5) is 5.82 Å². The molecule has 7 nitrogen and oxygen atoms in total. The van der Waals surface area contributed by atoms with Crippen molar-refractivity contribution in [2.24, 2.45) is 7.05 Å². The van der Waals surface area contributed by atoms with Gasteiger partial charge < -0.3 is 4.90 Å². The van der Waals surface area contributed by atoms with Crippen molar-refractivity contribution in [2.75, 3.05) is 18.0 Å². The SMILES string of the molecule is Cn1cc(-c2cc3ncccc3c(-c3ccc(N4CC5CCC(C4)N5Cc4ccccc4)nc3)n2)cn1. The Bertz CT molecular complexity index is 1530. The third-order valence-corrected chi connectivity index (χ3v) is 7.79. The summed E-state index contributed by atoms with van der Waals surface area (Å²) in [7, 11) is 1.92. The summed E-state index contributed by atoms with van der Waals surface area (Å²) in [4.78, 5) is 19.7. The first-order valence-electron chi connectivity index (χ1n) is 13.0. The van der Waals surface area contributed by atoms with Gasteiger partial charge in [-0.1, -0.05) is 30.3 Å². The zero-order valence-corrected chi connectivity index (χ0v) is 20.9. The molecular weight excluding hydrogens is 458 g/mol. The van der Waals surface area contributed by atoms with Gasteiger partial charge in [0.25, 0.3) is 0 Å². The quantitative estimate of drug-likeness (QED) is 0.350. The highest BCUT2D eigenvalue weighted by atomic mass is 15.3. The molecule has 2 saturated heterocycles. The molecule has 2 aliphatic heterocycles. The highest BCUT2D eigenvalue weighted by Gasteiger charge is 2.40. The predicted molar refractivity (Wildman–Crippen MR) is 146 cm³/mol. The van der Waals surface area contributed by atoms with Crippen LogP contribution in [0.5, 0.6) is 0 Å². The summed E-state index contributed by atoms with van der Waals surface area (Å²) in [6.45, 7) is 3.09. The van der Waals surface area contributed by atoms with Gasteiger partial charge in [-0.05, 0) is 48.7 Å². The van der Waals surface area contributed by atoms with Gasteiger partial charge in [-0.2, -0.15) is 5.10 Å². The van der Waals surface area contributed by atoms with Crippen LogP contribution in [0.3, 0.4) is 0 Å². The zero-order chi connectivity index (χ0) is 24.8. The van der Waals surface area contributed by atoms with Gasteiger partial charge in [-0.3, -0.25) is 14.6 Å². The van der Waals surface area contributed by atoms with Crippen molar-refractivity contribution in [2.45, 2.75) is 31.5 Å². The highest BCUT2D eigenvalue weighted by molar-refractivity contribution is 5.94. The van der Waals surface area contributed by atoms with E-state index in [1.54, 1.807) is 4.68 Å². The second-order valence-electron chi connectivity index (χ2n) is 10.2. The molecule has 0 aliphatic carbocycles. The first-order valence-corrected chi connectivity index (χ1v) is 13.0. The van der Waals surface area contributed by atoms with Gasteiger partial charge in [-0.15, -0.1) is 0 Å². The number of hydrogen-bond donors (Lipinski definition) is 0. The van der Waals surface area contributed by atoms with E-state index in [1.165, 1.54) is 18.4 Å². The topological polar surface area (TPSA) is 63.0 Å². The second-order valence-corrected chi connectivity index (χ2v) is 10.2. The van der Waals surface area contributed by atoms with Gasteiger partial charge in [0.2, 0.25) is 0 Å². The molecule has 7 rings (SSSR count). The molecule has 184 valence electrons. The fourth-order valence-corrected chi connectivity index (χ4v) is 5.94. The molecule has 0 amide bonds. The van der Waals surface area contributed by atoms with Crippen LogP contribution < -0.4 is 4.90 Å². The molecule has 0 saturated carbocycles. The van der Waals surface area contributed by atoms with Crippen LogP contribution in [0.25, 0.3) is 33.4 Å². The van der Waals surface area contributed by atoms with Crippen LogP contribution in [0.1, 0.15) is 18.4 Å². The summed E-state index contributed by atoms with van der Waals surface area (Å²) in [5, 5.41) is 5.34. The van der Waals surface area contributed by atoms with E-state index < -0.39 is 0 Å². The largest absolute Gasteiger partial charge is 0.353 e. The molecule has 4 aromatic heterocycles. The Labute approximate surface area is 216 Å². The fraction of sp³-hybridized carbons (Fsp3) is 0.267. The van der Waals surface area contributed by atoms with Gasteiger partial charge >= 0.3 is 0 Å². The molecule has 2 bridgehead atoms. The molecule has 2 fully saturated rings. The third-order valence-electron chi connectivity index (χ3n) is 7.79. The first-order chi connectivity index (χ1) is 18.2. The number of benzene rings is 1. The summed E-state index contributed by atoms with van der Waals surface area (Å²) in [6, 6.07) is 22.4. The molecule has 0 spiro atoms. The average molecular weight is 488 g/mol. The zero-order valence-electron chi connectivity index (χ0n) is 20.9. The van der Waals surface area contributed by atoms with E-state index in [1.807, 2.05) is 44.0 Å². The van der Waals surface area contributed by atoms with E-state index in [9.17, 15) is 0 Å². The lowest BCUT2D eigenvalue weighted by Crippen LogP contribution is -2.53. The summed E-state index contributed by atoms with van der Waals surface area (Å²) < 4.78 is 1.79. The lowest BCUT2D eigenvalue weighted by Gasteiger charge is -2.41. The summed E-state index contributed by atoms with van der Waals surface area (Å²) in [5.74, 6) is 1.05. The van der Waals surface area contributed by atoms with Crippen LogP contribution in [0.15, 0.2) is 85.5 Å². The molecule has 2 atom stereocenters. The molecule has 1 aromatic carbocycles. The van der Waals surface area contributed by atoms with Crippen LogP contribution in [-0.2, 0) is 13.6 Å². The third kappa shape index (κ3) is 4.15.